The Morgan fingerprint density at radius 1 is 1.14 bits per heavy atom. The molecule has 2 saturated heterocycles. The average Bonchev–Trinajstić information content (AvgIpc) is 2.93. The van der Waals surface area contributed by atoms with Crippen molar-refractivity contribution < 1.29 is 13.2 Å². The summed E-state index contributed by atoms with van der Waals surface area (Å²) >= 11 is 1.55. The maximum atomic E-state index is 12.4. The van der Waals surface area contributed by atoms with Crippen LogP contribution < -0.4 is 0 Å². The lowest BCUT2D eigenvalue weighted by molar-refractivity contribution is 0.0562. The molecule has 5 nitrogen and oxygen atoms in total. The van der Waals surface area contributed by atoms with Crippen molar-refractivity contribution in [2.75, 3.05) is 37.7 Å². The predicted molar refractivity (Wildman–Crippen MR) is 88.2 cm³/mol. The molecule has 2 aliphatic heterocycles. The summed E-state index contributed by atoms with van der Waals surface area (Å²) in [5.41, 5.74) is 0. The fourth-order valence-corrected chi connectivity index (χ4v) is 5.54. The first-order valence-electron chi connectivity index (χ1n) is 7.75. The minimum absolute atomic E-state index is 0.129. The van der Waals surface area contributed by atoms with Crippen LogP contribution in [0.4, 0.5) is 0 Å². The first-order chi connectivity index (χ1) is 10.4. The molecule has 0 atom stereocenters. The standard InChI is InChI=1S/C15H22N2O3S2/c1-12-2-3-14(21-12)15(18)17-8-6-16(7-9-17)13-4-10-22(19,20)11-5-13/h2-3,13H,4-11H2,1H3. The molecule has 1 aromatic heterocycles. The summed E-state index contributed by atoms with van der Waals surface area (Å²) < 4.78 is 23.0. The normalized spacial score (nSPS) is 23.6. The van der Waals surface area contributed by atoms with Gasteiger partial charge in [-0.05, 0) is 31.9 Å². The highest BCUT2D eigenvalue weighted by Gasteiger charge is 2.31. The molecule has 22 heavy (non-hydrogen) atoms. The van der Waals surface area contributed by atoms with Crippen LogP contribution in [0.1, 0.15) is 27.4 Å². The topological polar surface area (TPSA) is 57.7 Å². The van der Waals surface area contributed by atoms with Gasteiger partial charge in [0.15, 0.2) is 0 Å². The van der Waals surface area contributed by atoms with Gasteiger partial charge < -0.3 is 4.90 Å². The number of hydrogen-bond acceptors (Lipinski definition) is 5. The van der Waals surface area contributed by atoms with E-state index in [2.05, 4.69) is 4.90 Å². The Morgan fingerprint density at radius 2 is 1.77 bits per heavy atom. The van der Waals surface area contributed by atoms with Gasteiger partial charge in [0.2, 0.25) is 0 Å². The summed E-state index contributed by atoms with van der Waals surface area (Å²) in [7, 11) is -2.80. The largest absolute Gasteiger partial charge is 0.335 e. The molecule has 7 heteroatoms. The van der Waals surface area contributed by atoms with Gasteiger partial charge in [0.1, 0.15) is 9.84 Å². The molecule has 0 unspecified atom stereocenters. The van der Waals surface area contributed by atoms with Gasteiger partial charge in [-0.25, -0.2) is 8.42 Å². The fourth-order valence-electron chi connectivity index (χ4n) is 3.24. The number of aryl methyl sites for hydroxylation is 1. The fraction of sp³-hybridized carbons (Fsp3) is 0.667. The van der Waals surface area contributed by atoms with Crippen LogP contribution in [0.15, 0.2) is 12.1 Å². The summed E-state index contributed by atoms with van der Waals surface area (Å²) in [4.78, 5) is 18.7. The van der Waals surface area contributed by atoms with E-state index in [9.17, 15) is 13.2 Å². The minimum atomic E-state index is -2.80. The van der Waals surface area contributed by atoms with Crippen LogP contribution in [0.2, 0.25) is 0 Å². The molecule has 0 spiro atoms. The highest BCUT2D eigenvalue weighted by molar-refractivity contribution is 7.91. The molecule has 1 amide bonds. The van der Waals surface area contributed by atoms with E-state index >= 15 is 0 Å². The number of piperazine rings is 1. The van der Waals surface area contributed by atoms with Crippen molar-refractivity contribution in [3.8, 4) is 0 Å². The van der Waals surface area contributed by atoms with Crippen LogP contribution >= 0.6 is 11.3 Å². The van der Waals surface area contributed by atoms with E-state index in [0.29, 0.717) is 17.5 Å². The summed E-state index contributed by atoms with van der Waals surface area (Å²) in [6, 6.07) is 4.25. The second-order valence-electron chi connectivity index (χ2n) is 6.12. The molecule has 0 bridgehead atoms. The maximum absolute atomic E-state index is 12.4. The smallest absolute Gasteiger partial charge is 0.264 e. The van der Waals surface area contributed by atoms with E-state index in [1.54, 1.807) is 11.3 Å². The van der Waals surface area contributed by atoms with Crippen molar-refractivity contribution in [3.63, 3.8) is 0 Å². The van der Waals surface area contributed by atoms with Gasteiger partial charge in [-0.1, -0.05) is 0 Å². The molecule has 2 aliphatic rings. The van der Waals surface area contributed by atoms with Crippen molar-refractivity contribution >= 4 is 27.1 Å². The van der Waals surface area contributed by atoms with Crippen molar-refractivity contribution in [1.82, 2.24) is 9.80 Å². The Labute approximate surface area is 135 Å². The molecule has 3 heterocycles. The lowest BCUT2D eigenvalue weighted by atomic mass is 10.1. The van der Waals surface area contributed by atoms with E-state index in [-0.39, 0.29) is 5.91 Å². The molecule has 2 fully saturated rings. The van der Waals surface area contributed by atoms with E-state index < -0.39 is 9.84 Å². The SMILES string of the molecule is Cc1ccc(C(=O)N2CCN(C3CCS(=O)(=O)CC3)CC2)s1. The monoisotopic (exact) mass is 342 g/mol. The van der Waals surface area contributed by atoms with E-state index in [4.69, 9.17) is 0 Å². The second kappa shape index (κ2) is 6.29. The van der Waals surface area contributed by atoms with E-state index in [0.717, 1.165) is 48.8 Å². The van der Waals surface area contributed by atoms with Gasteiger partial charge in [-0.2, -0.15) is 0 Å². The van der Waals surface area contributed by atoms with Crippen LogP contribution in [0.5, 0.6) is 0 Å². The minimum Gasteiger partial charge on any atom is -0.335 e. The number of carbonyl (C=O) groups excluding carboxylic acids is 1. The summed E-state index contributed by atoms with van der Waals surface area (Å²) in [5, 5.41) is 0. The summed E-state index contributed by atoms with van der Waals surface area (Å²) in [6.07, 6.45) is 1.47. The Hall–Kier alpha value is -0.920. The van der Waals surface area contributed by atoms with Crippen LogP contribution in [0.3, 0.4) is 0 Å². The lowest BCUT2D eigenvalue weighted by Gasteiger charge is -2.40. The Morgan fingerprint density at radius 3 is 2.32 bits per heavy atom. The third-order valence-electron chi connectivity index (χ3n) is 4.59. The van der Waals surface area contributed by atoms with Crippen LogP contribution in [-0.2, 0) is 9.84 Å². The zero-order valence-corrected chi connectivity index (χ0v) is 14.5. The lowest BCUT2D eigenvalue weighted by Crippen LogP contribution is -2.53. The average molecular weight is 342 g/mol. The predicted octanol–water partition coefficient (Wildman–Crippen LogP) is 1.39. The van der Waals surface area contributed by atoms with E-state index in [1.807, 2.05) is 24.0 Å². The Bertz CT molecular complexity index is 631. The van der Waals surface area contributed by atoms with Crippen molar-refractivity contribution in [1.29, 1.82) is 0 Å². The van der Waals surface area contributed by atoms with Crippen LogP contribution in [0, 0.1) is 6.92 Å². The van der Waals surface area contributed by atoms with Gasteiger partial charge in [0, 0.05) is 37.1 Å². The summed E-state index contributed by atoms with van der Waals surface area (Å²) in [6.45, 7) is 5.18. The van der Waals surface area contributed by atoms with Crippen LogP contribution in [0.25, 0.3) is 0 Å². The number of rotatable bonds is 2. The third kappa shape index (κ3) is 3.52. The Balaban J connectivity index is 1.53. The highest BCUT2D eigenvalue weighted by atomic mass is 32.2. The first kappa shape index (κ1) is 16.0. The van der Waals surface area contributed by atoms with Gasteiger partial charge in [0.05, 0.1) is 16.4 Å². The quantitative estimate of drug-likeness (QED) is 0.815. The third-order valence-corrected chi connectivity index (χ3v) is 7.30. The van der Waals surface area contributed by atoms with E-state index in [1.165, 1.54) is 0 Å². The number of amides is 1. The summed E-state index contributed by atoms with van der Waals surface area (Å²) in [5.74, 6) is 0.750. The molecule has 3 rings (SSSR count). The zero-order valence-electron chi connectivity index (χ0n) is 12.8. The highest BCUT2D eigenvalue weighted by Crippen LogP contribution is 2.22. The van der Waals surface area contributed by atoms with Gasteiger partial charge in [0.25, 0.3) is 5.91 Å². The first-order valence-corrected chi connectivity index (χ1v) is 10.4. The van der Waals surface area contributed by atoms with Gasteiger partial charge >= 0.3 is 0 Å². The maximum Gasteiger partial charge on any atom is 0.264 e. The van der Waals surface area contributed by atoms with Gasteiger partial charge in [-0.15, -0.1) is 11.3 Å². The molecular weight excluding hydrogens is 320 g/mol. The van der Waals surface area contributed by atoms with Crippen LogP contribution in [-0.4, -0.2) is 67.9 Å². The van der Waals surface area contributed by atoms with Gasteiger partial charge in [-0.3, -0.25) is 9.69 Å². The molecule has 0 saturated carbocycles. The van der Waals surface area contributed by atoms with Crippen molar-refractivity contribution in [2.24, 2.45) is 0 Å². The van der Waals surface area contributed by atoms with Crippen molar-refractivity contribution in [3.05, 3.63) is 21.9 Å². The number of thiophene rings is 1. The number of carbonyl (C=O) groups is 1. The number of sulfone groups is 1. The molecule has 122 valence electrons. The van der Waals surface area contributed by atoms with Crippen molar-refractivity contribution in [2.45, 2.75) is 25.8 Å². The molecule has 0 aliphatic carbocycles. The molecule has 1 aromatic rings. The Kier molecular flexibility index (Phi) is 4.56. The molecule has 0 radical (unpaired) electrons. The molecule has 0 N–H and O–H groups in total. The zero-order chi connectivity index (χ0) is 15.7. The second-order valence-corrected chi connectivity index (χ2v) is 9.71. The number of hydrogen-bond donors (Lipinski definition) is 0. The number of nitrogens with zero attached hydrogens (tertiary/aromatic N) is 2. The molecule has 0 aromatic carbocycles. The molecular formula is C15H22N2O3S2.